The van der Waals surface area contributed by atoms with Gasteiger partial charge in [0.2, 0.25) is 17.7 Å². The number of hydrogen-bond acceptors (Lipinski definition) is 6. The van der Waals surface area contributed by atoms with E-state index in [-0.39, 0.29) is 23.8 Å². The third-order valence-electron chi connectivity index (χ3n) is 4.85. The van der Waals surface area contributed by atoms with Crippen molar-refractivity contribution in [3.05, 3.63) is 11.8 Å². The molecule has 3 heterocycles. The van der Waals surface area contributed by atoms with Crippen LogP contribution >= 0.6 is 0 Å². The van der Waals surface area contributed by atoms with Gasteiger partial charge in [-0.25, -0.2) is 0 Å². The molecule has 2 saturated heterocycles. The van der Waals surface area contributed by atoms with E-state index in [1.807, 2.05) is 18.7 Å². The van der Waals surface area contributed by atoms with Gasteiger partial charge in [-0.2, -0.15) is 0 Å². The Labute approximate surface area is 149 Å². The summed E-state index contributed by atoms with van der Waals surface area (Å²) in [6, 6.07) is 0. The second kappa shape index (κ2) is 7.83. The molecule has 0 N–H and O–H groups in total. The predicted molar refractivity (Wildman–Crippen MR) is 93.0 cm³/mol. The van der Waals surface area contributed by atoms with E-state index in [1.54, 1.807) is 0 Å². The molecule has 0 aromatic carbocycles. The number of aromatic nitrogens is 2. The Hall–Kier alpha value is -1.47. The van der Waals surface area contributed by atoms with Crippen LogP contribution in [0, 0.1) is 11.8 Å². The molecule has 2 fully saturated rings. The summed E-state index contributed by atoms with van der Waals surface area (Å²) in [5.74, 6) is 2.26. The quantitative estimate of drug-likeness (QED) is 0.809. The number of likely N-dealkylation sites (tertiary alicyclic amines) is 1. The molecule has 0 bridgehead atoms. The molecule has 3 rings (SSSR count). The standard InChI is InChI=1S/C18H30N4O3/c1-12(2)9-21-6-5-14(10-21)18(23)22-7-8-24-15(11-22)17-20-19-16(25-17)13(3)4/h12-15H,5-11H2,1-4H3/t14-,15-/m0/s1. The Morgan fingerprint density at radius 1 is 1.20 bits per heavy atom. The van der Waals surface area contributed by atoms with Gasteiger partial charge in [0.25, 0.3) is 0 Å². The molecular formula is C18H30N4O3. The van der Waals surface area contributed by atoms with Crippen molar-refractivity contribution in [2.75, 3.05) is 39.3 Å². The van der Waals surface area contributed by atoms with Crippen LogP contribution in [0.2, 0.25) is 0 Å². The first-order valence-corrected chi connectivity index (χ1v) is 9.40. The monoisotopic (exact) mass is 350 g/mol. The SMILES string of the molecule is CC(C)CN1CC[C@H](C(=O)N2CCO[C@H](c3nnc(C(C)C)o3)C2)C1. The highest BCUT2D eigenvalue weighted by Gasteiger charge is 2.35. The number of ether oxygens (including phenoxy) is 1. The molecule has 0 aliphatic carbocycles. The molecule has 2 aliphatic heterocycles. The average Bonchev–Trinajstić information content (AvgIpc) is 3.23. The zero-order valence-electron chi connectivity index (χ0n) is 15.8. The van der Waals surface area contributed by atoms with Gasteiger partial charge in [0, 0.05) is 25.6 Å². The second-order valence-electron chi connectivity index (χ2n) is 7.92. The Morgan fingerprint density at radius 2 is 2.00 bits per heavy atom. The molecule has 140 valence electrons. The first kappa shape index (κ1) is 18.3. The fourth-order valence-electron chi connectivity index (χ4n) is 3.58. The Bertz CT molecular complexity index is 587. The lowest BCUT2D eigenvalue weighted by Gasteiger charge is -2.33. The van der Waals surface area contributed by atoms with E-state index in [2.05, 4.69) is 28.9 Å². The van der Waals surface area contributed by atoms with Gasteiger partial charge >= 0.3 is 0 Å². The maximum absolute atomic E-state index is 12.9. The van der Waals surface area contributed by atoms with E-state index < -0.39 is 0 Å². The highest BCUT2D eigenvalue weighted by molar-refractivity contribution is 5.79. The second-order valence-corrected chi connectivity index (χ2v) is 7.92. The highest BCUT2D eigenvalue weighted by atomic mass is 16.5. The van der Waals surface area contributed by atoms with E-state index >= 15 is 0 Å². The van der Waals surface area contributed by atoms with Crippen molar-refractivity contribution in [2.24, 2.45) is 11.8 Å². The topological polar surface area (TPSA) is 71.7 Å². The molecule has 2 atom stereocenters. The molecule has 0 unspecified atom stereocenters. The van der Waals surface area contributed by atoms with Crippen LogP contribution in [0.25, 0.3) is 0 Å². The molecule has 0 radical (unpaired) electrons. The highest BCUT2D eigenvalue weighted by Crippen LogP contribution is 2.26. The molecular weight excluding hydrogens is 320 g/mol. The number of carbonyl (C=O) groups excluding carboxylic acids is 1. The number of morpholine rings is 1. The number of hydrogen-bond donors (Lipinski definition) is 0. The first-order chi connectivity index (χ1) is 11.9. The van der Waals surface area contributed by atoms with Crippen LogP contribution in [-0.4, -0.2) is 65.2 Å². The minimum Gasteiger partial charge on any atom is -0.422 e. The van der Waals surface area contributed by atoms with Crippen LogP contribution in [0.4, 0.5) is 0 Å². The van der Waals surface area contributed by atoms with Gasteiger partial charge in [-0.1, -0.05) is 27.7 Å². The van der Waals surface area contributed by atoms with Crippen molar-refractivity contribution in [3.63, 3.8) is 0 Å². The lowest BCUT2D eigenvalue weighted by Crippen LogP contribution is -2.45. The van der Waals surface area contributed by atoms with Gasteiger partial charge in [-0.15, -0.1) is 10.2 Å². The van der Waals surface area contributed by atoms with E-state index in [4.69, 9.17) is 9.15 Å². The minimum atomic E-state index is -0.314. The zero-order chi connectivity index (χ0) is 18.0. The lowest BCUT2D eigenvalue weighted by atomic mass is 10.1. The van der Waals surface area contributed by atoms with Crippen LogP contribution in [0.3, 0.4) is 0 Å². The summed E-state index contributed by atoms with van der Waals surface area (Å²) in [5.41, 5.74) is 0. The third kappa shape index (κ3) is 4.39. The largest absolute Gasteiger partial charge is 0.422 e. The Balaban J connectivity index is 1.58. The van der Waals surface area contributed by atoms with Crippen LogP contribution in [-0.2, 0) is 9.53 Å². The van der Waals surface area contributed by atoms with Gasteiger partial charge in [-0.05, 0) is 18.9 Å². The molecule has 7 heteroatoms. The van der Waals surface area contributed by atoms with Crippen molar-refractivity contribution >= 4 is 5.91 Å². The van der Waals surface area contributed by atoms with Gasteiger partial charge in [0.05, 0.1) is 19.1 Å². The maximum Gasteiger partial charge on any atom is 0.247 e. The Morgan fingerprint density at radius 3 is 2.68 bits per heavy atom. The van der Waals surface area contributed by atoms with E-state index in [0.717, 1.165) is 26.1 Å². The molecule has 7 nitrogen and oxygen atoms in total. The summed E-state index contributed by atoms with van der Waals surface area (Å²) >= 11 is 0. The summed E-state index contributed by atoms with van der Waals surface area (Å²) in [7, 11) is 0. The van der Waals surface area contributed by atoms with Gasteiger partial charge in [0.15, 0.2) is 6.10 Å². The molecule has 1 aromatic heterocycles. The minimum absolute atomic E-state index is 0.103. The number of nitrogens with zero attached hydrogens (tertiary/aromatic N) is 4. The molecule has 0 saturated carbocycles. The molecule has 2 aliphatic rings. The number of amides is 1. The molecule has 25 heavy (non-hydrogen) atoms. The summed E-state index contributed by atoms with van der Waals surface area (Å²) in [4.78, 5) is 17.2. The van der Waals surface area contributed by atoms with Crippen LogP contribution in [0.5, 0.6) is 0 Å². The van der Waals surface area contributed by atoms with Crippen molar-refractivity contribution < 1.29 is 13.9 Å². The van der Waals surface area contributed by atoms with Gasteiger partial charge in [-0.3, -0.25) is 4.79 Å². The zero-order valence-corrected chi connectivity index (χ0v) is 15.8. The fourth-order valence-corrected chi connectivity index (χ4v) is 3.58. The normalized spacial score (nSPS) is 25.3. The Kier molecular flexibility index (Phi) is 5.74. The predicted octanol–water partition coefficient (Wildman–Crippen LogP) is 2.07. The average molecular weight is 350 g/mol. The van der Waals surface area contributed by atoms with Crippen LogP contribution in [0.15, 0.2) is 4.42 Å². The first-order valence-electron chi connectivity index (χ1n) is 9.40. The van der Waals surface area contributed by atoms with Gasteiger partial charge in [0.1, 0.15) is 0 Å². The molecule has 1 amide bonds. The summed E-state index contributed by atoms with van der Waals surface area (Å²) in [6.45, 7) is 13.1. The van der Waals surface area contributed by atoms with E-state index in [0.29, 0.717) is 37.4 Å². The maximum atomic E-state index is 12.9. The van der Waals surface area contributed by atoms with Crippen molar-refractivity contribution in [1.82, 2.24) is 20.0 Å². The summed E-state index contributed by atoms with van der Waals surface area (Å²) in [6.07, 6.45) is 0.636. The van der Waals surface area contributed by atoms with Crippen LogP contribution < -0.4 is 0 Å². The summed E-state index contributed by atoms with van der Waals surface area (Å²) in [5, 5.41) is 8.18. The fraction of sp³-hybridized carbons (Fsp3) is 0.833. The van der Waals surface area contributed by atoms with Gasteiger partial charge < -0.3 is 19.0 Å². The van der Waals surface area contributed by atoms with Crippen molar-refractivity contribution in [1.29, 1.82) is 0 Å². The molecule has 0 spiro atoms. The van der Waals surface area contributed by atoms with E-state index in [1.165, 1.54) is 0 Å². The van der Waals surface area contributed by atoms with Crippen molar-refractivity contribution in [2.45, 2.75) is 46.1 Å². The lowest BCUT2D eigenvalue weighted by molar-refractivity contribution is -0.143. The number of rotatable bonds is 5. The van der Waals surface area contributed by atoms with Crippen LogP contribution in [0.1, 0.15) is 57.9 Å². The molecule has 1 aromatic rings. The number of carbonyl (C=O) groups is 1. The van der Waals surface area contributed by atoms with Crippen molar-refractivity contribution in [3.8, 4) is 0 Å². The summed E-state index contributed by atoms with van der Waals surface area (Å²) < 4.78 is 11.5. The third-order valence-corrected chi connectivity index (χ3v) is 4.85. The van der Waals surface area contributed by atoms with E-state index in [9.17, 15) is 4.79 Å². The smallest absolute Gasteiger partial charge is 0.247 e.